The van der Waals surface area contributed by atoms with Gasteiger partial charge in [0.15, 0.2) is 0 Å². The molecule has 1 amide bonds. The Hall–Kier alpha value is -0.770. The maximum absolute atomic E-state index is 12.0. The molecule has 21 heavy (non-hydrogen) atoms. The van der Waals surface area contributed by atoms with Crippen LogP contribution in [0.5, 0.6) is 0 Å². The molecule has 0 spiro atoms. The van der Waals surface area contributed by atoms with Crippen LogP contribution in [0.15, 0.2) is 0 Å². The summed E-state index contributed by atoms with van der Waals surface area (Å²) in [7, 11) is 0. The molecule has 1 unspecified atom stereocenters. The molecule has 0 heterocycles. The van der Waals surface area contributed by atoms with Gasteiger partial charge >= 0.3 is 6.09 Å². The van der Waals surface area contributed by atoms with Crippen LogP contribution in [0, 0.1) is 5.41 Å². The van der Waals surface area contributed by atoms with Crippen LogP contribution in [0.3, 0.4) is 0 Å². The number of carbonyl (C=O) groups excluding carboxylic acids is 1. The van der Waals surface area contributed by atoms with E-state index in [4.69, 9.17) is 4.74 Å². The summed E-state index contributed by atoms with van der Waals surface area (Å²) in [6, 6.07) is 0.650. The quantitative estimate of drug-likeness (QED) is 0.758. The molecule has 0 saturated heterocycles. The fourth-order valence-corrected chi connectivity index (χ4v) is 2.89. The van der Waals surface area contributed by atoms with E-state index in [-0.39, 0.29) is 6.09 Å². The zero-order valence-corrected chi connectivity index (χ0v) is 14.8. The van der Waals surface area contributed by atoms with Crippen molar-refractivity contribution in [3.63, 3.8) is 0 Å². The lowest BCUT2D eigenvalue weighted by atomic mass is 9.92. The lowest BCUT2D eigenvalue weighted by Crippen LogP contribution is -2.38. The number of rotatable bonds is 6. The van der Waals surface area contributed by atoms with Crippen LogP contribution in [0.4, 0.5) is 4.79 Å². The average molecular weight is 298 g/mol. The molecule has 1 aliphatic carbocycles. The molecule has 0 bridgehead atoms. The first-order valence-electron chi connectivity index (χ1n) is 8.34. The van der Waals surface area contributed by atoms with Crippen molar-refractivity contribution in [3.05, 3.63) is 0 Å². The maximum atomic E-state index is 12.0. The third kappa shape index (κ3) is 7.16. The number of ether oxygens (including phenoxy) is 1. The van der Waals surface area contributed by atoms with E-state index in [1.54, 1.807) is 4.90 Å². The standard InChI is InChI=1S/C17H34N2O2/c1-7-19(15(20)21-16(2,3)4)12-8-11-18-14-9-10-17(5,6)13-14/h14,18H,7-13H2,1-6H3. The number of hydrogen-bond donors (Lipinski definition) is 1. The van der Waals surface area contributed by atoms with E-state index in [1.807, 2.05) is 27.7 Å². The molecular weight excluding hydrogens is 264 g/mol. The summed E-state index contributed by atoms with van der Waals surface area (Å²) in [6.07, 6.45) is 4.62. The van der Waals surface area contributed by atoms with Crippen LogP contribution in [-0.2, 0) is 4.74 Å². The van der Waals surface area contributed by atoms with Crippen molar-refractivity contribution in [2.45, 2.75) is 78.9 Å². The number of hydrogen-bond acceptors (Lipinski definition) is 3. The van der Waals surface area contributed by atoms with Crippen LogP contribution in [0.1, 0.15) is 67.2 Å². The van der Waals surface area contributed by atoms with Gasteiger partial charge in [0.25, 0.3) is 0 Å². The van der Waals surface area contributed by atoms with E-state index in [9.17, 15) is 4.79 Å². The molecule has 1 aliphatic rings. The van der Waals surface area contributed by atoms with Gasteiger partial charge < -0.3 is 15.0 Å². The Balaban J connectivity index is 2.22. The Kier molecular flexibility index (Phi) is 6.51. The summed E-state index contributed by atoms with van der Waals surface area (Å²) in [5.41, 5.74) is 0.0712. The summed E-state index contributed by atoms with van der Waals surface area (Å²) >= 11 is 0. The fraction of sp³-hybridized carbons (Fsp3) is 0.941. The lowest BCUT2D eigenvalue weighted by Gasteiger charge is -2.26. The van der Waals surface area contributed by atoms with Crippen molar-refractivity contribution in [2.24, 2.45) is 5.41 Å². The minimum Gasteiger partial charge on any atom is -0.444 e. The number of nitrogens with one attached hydrogen (secondary N) is 1. The summed E-state index contributed by atoms with van der Waals surface area (Å²) in [6.45, 7) is 14.8. The molecule has 0 aromatic carbocycles. The van der Waals surface area contributed by atoms with E-state index in [1.165, 1.54) is 19.3 Å². The predicted octanol–water partition coefficient (Wildman–Crippen LogP) is 3.80. The van der Waals surface area contributed by atoms with E-state index in [0.29, 0.717) is 18.0 Å². The third-order valence-corrected chi connectivity index (χ3v) is 4.04. The highest BCUT2D eigenvalue weighted by atomic mass is 16.6. The minimum atomic E-state index is -0.418. The summed E-state index contributed by atoms with van der Waals surface area (Å²) in [5, 5.41) is 3.63. The largest absolute Gasteiger partial charge is 0.444 e. The topological polar surface area (TPSA) is 41.6 Å². The van der Waals surface area contributed by atoms with Crippen molar-refractivity contribution in [3.8, 4) is 0 Å². The first kappa shape index (κ1) is 18.3. The first-order chi connectivity index (χ1) is 9.63. The summed E-state index contributed by atoms with van der Waals surface area (Å²) in [5.74, 6) is 0. The second-order valence-electron chi connectivity index (χ2n) is 7.97. The molecule has 4 nitrogen and oxygen atoms in total. The van der Waals surface area contributed by atoms with E-state index >= 15 is 0 Å². The number of amides is 1. The smallest absolute Gasteiger partial charge is 0.410 e. The van der Waals surface area contributed by atoms with Gasteiger partial charge in [-0.15, -0.1) is 0 Å². The zero-order chi connectivity index (χ0) is 16.1. The zero-order valence-electron chi connectivity index (χ0n) is 14.8. The second-order valence-corrected chi connectivity index (χ2v) is 7.97. The number of nitrogens with zero attached hydrogens (tertiary/aromatic N) is 1. The van der Waals surface area contributed by atoms with E-state index in [0.717, 1.165) is 19.5 Å². The average Bonchev–Trinajstić information content (AvgIpc) is 2.66. The second kappa shape index (κ2) is 7.48. The summed E-state index contributed by atoms with van der Waals surface area (Å²) in [4.78, 5) is 13.8. The van der Waals surface area contributed by atoms with Crippen molar-refractivity contribution >= 4 is 6.09 Å². The molecule has 1 atom stereocenters. The Bertz CT molecular complexity index is 334. The van der Waals surface area contributed by atoms with Crippen LogP contribution < -0.4 is 5.32 Å². The molecule has 0 aromatic rings. The normalized spacial score (nSPS) is 21.3. The Labute approximate surface area is 130 Å². The predicted molar refractivity (Wildman–Crippen MR) is 87.5 cm³/mol. The summed E-state index contributed by atoms with van der Waals surface area (Å²) < 4.78 is 5.42. The van der Waals surface area contributed by atoms with Gasteiger partial charge in [-0.25, -0.2) is 4.79 Å². The Morgan fingerprint density at radius 2 is 2.05 bits per heavy atom. The van der Waals surface area contributed by atoms with Gasteiger partial charge in [0.2, 0.25) is 0 Å². The van der Waals surface area contributed by atoms with Gasteiger partial charge in [-0.3, -0.25) is 0 Å². The van der Waals surface area contributed by atoms with Gasteiger partial charge in [-0.05, 0) is 65.3 Å². The van der Waals surface area contributed by atoms with Gasteiger partial charge in [-0.2, -0.15) is 0 Å². The molecule has 4 heteroatoms. The fourth-order valence-electron chi connectivity index (χ4n) is 2.89. The first-order valence-corrected chi connectivity index (χ1v) is 8.34. The molecular formula is C17H34N2O2. The van der Waals surface area contributed by atoms with E-state index < -0.39 is 5.60 Å². The molecule has 1 fully saturated rings. The molecule has 0 aromatic heterocycles. The van der Waals surface area contributed by atoms with Crippen molar-refractivity contribution in [1.29, 1.82) is 0 Å². The van der Waals surface area contributed by atoms with Crippen LogP contribution in [-0.4, -0.2) is 42.3 Å². The molecule has 124 valence electrons. The highest BCUT2D eigenvalue weighted by Gasteiger charge is 2.30. The number of carbonyl (C=O) groups is 1. The van der Waals surface area contributed by atoms with Crippen molar-refractivity contribution in [2.75, 3.05) is 19.6 Å². The van der Waals surface area contributed by atoms with Crippen LogP contribution in [0.25, 0.3) is 0 Å². The molecule has 1 saturated carbocycles. The van der Waals surface area contributed by atoms with Crippen molar-refractivity contribution in [1.82, 2.24) is 10.2 Å². The minimum absolute atomic E-state index is 0.202. The third-order valence-electron chi connectivity index (χ3n) is 4.04. The Morgan fingerprint density at radius 1 is 1.38 bits per heavy atom. The van der Waals surface area contributed by atoms with Gasteiger partial charge in [0.05, 0.1) is 0 Å². The maximum Gasteiger partial charge on any atom is 0.410 e. The molecule has 1 N–H and O–H groups in total. The van der Waals surface area contributed by atoms with Crippen molar-refractivity contribution < 1.29 is 9.53 Å². The monoisotopic (exact) mass is 298 g/mol. The molecule has 1 rings (SSSR count). The molecule has 0 radical (unpaired) electrons. The van der Waals surface area contributed by atoms with Crippen LogP contribution in [0.2, 0.25) is 0 Å². The van der Waals surface area contributed by atoms with Gasteiger partial charge in [0.1, 0.15) is 5.60 Å². The Morgan fingerprint density at radius 3 is 2.52 bits per heavy atom. The lowest BCUT2D eigenvalue weighted by molar-refractivity contribution is 0.0258. The molecule has 0 aliphatic heterocycles. The highest BCUT2D eigenvalue weighted by Crippen LogP contribution is 2.36. The van der Waals surface area contributed by atoms with Crippen LogP contribution >= 0.6 is 0 Å². The van der Waals surface area contributed by atoms with Gasteiger partial charge in [0, 0.05) is 19.1 Å². The van der Waals surface area contributed by atoms with E-state index in [2.05, 4.69) is 19.2 Å². The SMILES string of the molecule is CCN(CCCNC1CCC(C)(C)C1)C(=O)OC(C)(C)C. The van der Waals surface area contributed by atoms with Gasteiger partial charge in [-0.1, -0.05) is 13.8 Å². The highest BCUT2D eigenvalue weighted by molar-refractivity contribution is 5.68.